The normalized spacial score (nSPS) is 9.53. The van der Waals surface area contributed by atoms with Crippen LogP contribution in [-0.2, 0) is 28.7 Å². The van der Waals surface area contributed by atoms with Crippen molar-refractivity contribution in [1.29, 1.82) is 0 Å². The molecule has 0 radical (unpaired) electrons. The van der Waals surface area contributed by atoms with Gasteiger partial charge >= 0.3 is 11.9 Å². The van der Waals surface area contributed by atoms with Crippen LogP contribution in [0.3, 0.4) is 0 Å². The van der Waals surface area contributed by atoms with E-state index in [4.69, 9.17) is 0 Å². The quantitative estimate of drug-likeness (QED) is 0.454. The number of hydrogen-bond donors (Lipinski definition) is 0. The maximum Gasteiger partial charge on any atom is 0.313 e. The van der Waals surface area contributed by atoms with Crippen molar-refractivity contribution in [3.05, 3.63) is 0 Å². The number of esters is 2. The van der Waals surface area contributed by atoms with Gasteiger partial charge < -0.3 is 9.47 Å². The molecular formula is C11H16O6. The molecule has 0 fully saturated rings. The van der Waals surface area contributed by atoms with Crippen molar-refractivity contribution in [1.82, 2.24) is 0 Å². The van der Waals surface area contributed by atoms with E-state index >= 15 is 0 Å². The highest BCUT2D eigenvalue weighted by Gasteiger charge is 2.12. The highest BCUT2D eigenvalue weighted by molar-refractivity contribution is 5.97. The fourth-order valence-electron chi connectivity index (χ4n) is 1.13. The van der Waals surface area contributed by atoms with Gasteiger partial charge in [0.05, 0.1) is 14.2 Å². The van der Waals surface area contributed by atoms with Crippen LogP contribution in [0, 0.1) is 0 Å². The van der Waals surface area contributed by atoms with Gasteiger partial charge in [0.1, 0.15) is 24.4 Å². The molecule has 0 spiro atoms. The van der Waals surface area contributed by atoms with Crippen LogP contribution >= 0.6 is 0 Å². The van der Waals surface area contributed by atoms with Crippen molar-refractivity contribution in [3.8, 4) is 0 Å². The van der Waals surface area contributed by atoms with Crippen LogP contribution in [0.2, 0.25) is 0 Å². The summed E-state index contributed by atoms with van der Waals surface area (Å²) in [4.78, 5) is 43.8. The number of hydrogen-bond acceptors (Lipinski definition) is 6. The number of carbonyl (C=O) groups excluding carboxylic acids is 4. The Labute approximate surface area is 99.3 Å². The lowest BCUT2D eigenvalue weighted by atomic mass is 10.1. The largest absolute Gasteiger partial charge is 0.469 e. The van der Waals surface area contributed by atoms with Crippen molar-refractivity contribution in [2.24, 2.45) is 0 Å². The Hall–Kier alpha value is -1.72. The van der Waals surface area contributed by atoms with E-state index in [-0.39, 0.29) is 37.2 Å². The van der Waals surface area contributed by atoms with Gasteiger partial charge in [-0.3, -0.25) is 19.2 Å². The summed E-state index contributed by atoms with van der Waals surface area (Å²) in [5.74, 6) is -1.72. The van der Waals surface area contributed by atoms with Gasteiger partial charge in [-0.2, -0.15) is 0 Å². The first-order chi connectivity index (χ1) is 7.99. The number of methoxy groups -OCH3 is 2. The fourth-order valence-corrected chi connectivity index (χ4v) is 1.13. The Morgan fingerprint density at radius 2 is 1.12 bits per heavy atom. The van der Waals surface area contributed by atoms with E-state index in [1.165, 1.54) is 14.2 Å². The molecule has 17 heavy (non-hydrogen) atoms. The summed E-state index contributed by atoms with van der Waals surface area (Å²) in [7, 11) is 2.41. The third-order valence-corrected chi connectivity index (χ3v) is 2.05. The molecule has 0 aromatic heterocycles. The summed E-state index contributed by atoms with van der Waals surface area (Å²) in [6.45, 7) is 0. The Morgan fingerprint density at radius 3 is 1.41 bits per heavy atom. The van der Waals surface area contributed by atoms with E-state index in [1.54, 1.807) is 0 Å². The molecule has 0 saturated carbocycles. The van der Waals surface area contributed by atoms with Crippen molar-refractivity contribution >= 4 is 23.5 Å². The monoisotopic (exact) mass is 244 g/mol. The summed E-state index contributed by atoms with van der Waals surface area (Å²) >= 11 is 0. The molecule has 0 atom stereocenters. The fraction of sp³-hybridized carbons (Fsp3) is 0.636. The van der Waals surface area contributed by atoms with Crippen LogP contribution in [0.5, 0.6) is 0 Å². The zero-order valence-electron chi connectivity index (χ0n) is 9.99. The average Bonchev–Trinajstić information content (AvgIpc) is 2.28. The van der Waals surface area contributed by atoms with E-state index in [0.717, 1.165) is 0 Å². The molecular weight excluding hydrogens is 228 g/mol. The molecule has 0 aromatic rings. The molecule has 0 aliphatic carbocycles. The van der Waals surface area contributed by atoms with Gasteiger partial charge in [-0.25, -0.2) is 0 Å². The van der Waals surface area contributed by atoms with Crippen molar-refractivity contribution in [2.75, 3.05) is 14.2 Å². The molecule has 0 aromatic carbocycles. The molecule has 0 aliphatic rings. The van der Waals surface area contributed by atoms with Crippen LogP contribution < -0.4 is 0 Å². The van der Waals surface area contributed by atoms with Gasteiger partial charge in [-0.05, 0) is 6.42 Å². The van der Waals surface area contributed by atoms with E-state index < -0.39 is 11.9 Å². The number of carbonyl (C=O) groups is 4. The lowest BCUT2D eigenvalue weighted by Crippen LogP contribution is -2.11. The molecule has 6 nitrogen and oxygen atoms in total. The SMILES string of the molecule is COC(=O)CC(=O)CCCC(=O)CC(=O)OC. The maximum absolute atomic E-state index is 11.2. The van der Waals surface area contributed by atoms with Crippen LogP contribution in [0.4, 0.5) is 0 Å². The number of rotatable bonds is 8. The van der Waals surface area contributed by atoms with Crippen molar-refractivity contribution in [3.63, 3.8) is 0 Å². The first-order valence-corrected chi connectivity index (χ1v) is 5.16. The van der Waals surface area contributed by atoms with E-state index in [9.17, 15) is 19.2 Å². The van der Waals surface area contributed by atoms with Crippen LogP contribution in [0.1, 0.15) is 32.1 Å². The minimum Gasteiger partial charge on any atom is -0.469 e. The molecule has 0 amide bonds. The molecule has 0 unspecified atom stereocenters. The molecule has 0 N–H and O–H groups in total. The van der Waals surface area contributed by atoms with Gasteiger partial charge in [-0.1, -0.05) is 0 Å². The minimum absolute atomic E-state index is 0.127. The Morgan fingerprint density at radius 1 is 0.765 bits per heavy atom. The molecule has 0 bridgehead atoms. The second-order valence-corrected chi connectivity index (χ2v) is 3.44. The third kappa shape index (κ3) is 8.12. The highest BCUT2D eigenvalue weighted by Crippen LogP contribution is 2.03. The zero-order valence-corrected chi connectivity index (χ0v) is 9.99. The van der Waals surface area contributed by atoms with E-state index in [1.807, 2.05) is 0 Å². The summed E-state index contributed by atoms with van der Waals surface area (Å²) in [5.41, 5.74) is 0. The highest BCUT2D eigenvalue weighted by atomic mass is 16.5. The Bertz CT molecular complexity index is 277. The number of ketones is 2. The first-order valence-electron chi connectivity index (χ1n) is 5.16. The zero-order chi connectivity index (χ0) is 13.3. The summed E-state index contributed by atoms with van der Waals surface area (Å²) < 4.78 is 8.66. The van der Waals surface area contributed by atoms with Crippen LogP contribution in [0.25, 0.3) is 0 Å². The van der Waals surface area contributed by atoms with Gasteiger partial charge in [0.2, 0.25) is 0 Å². The lowest BCUT2D eigenvalue weighted by molar-refractivity contribution is -0.144. The van der Waals surface area contributed by atoms with Gasteiger partial charge in [-0.15, -0.1) is 0 Å². The maximum atomic E-state index is 11.2. The second-order valence-electron chi connectivity index (χ2n) is 3.44. The Kier molecular flexibility index (Phi) is 7.58. The topological polar surface area (TPSA) is 86.7 Å². The molecule has 0 heterocycles. The smallest absolute Gasteiger partial charge is 0.313 e. The van der Waals surface area contributed by atoms with E-state index in [2.05, 4.69) is 9.47 Å². The molecule has 6 heteroatoms. The number of Topliss-reactive ketones (excluding diaryl/α,β-unsaturated/α-hetero) is 2. The Balaban J connectivity index is 3.69. The summed E-state index contributed by atoms with van der Waals surface area (Å²) in [6.07, 6.45) is 0.0268. The first kappa shape index (κ1) is 15.3. The predicted octanol–water partition coefficient (Wildman–Crippen LogP) is 0.421. The second kappa shape index (κ2) is 8.43. The number of ether oxygens (including phenoxy) is 2. The summed E-state index contributed by atoms with van der Waals surface area (Å²) in [6, 6.07) is 0. The third-order valence-electron chi connectivity index (χ3n) is 2.05. The molecule has 96 valence electrons. The van der Waals surface area contributed by atoms with Gasteiger partial charge in [0, 0.05) is 12.8 Å². The van der Waals surface area contributed by atoms with Crippen molar-refractivity contribution < 1.29 is 28.7 Å². The van der Waals surface area contributed by atoms with Gasteiger partial charge in [0.15, 0.2) is 0 Å². The minimum atomic E-state index is -0.587. The summed E-state index contributed by atoms with van der Waals surface area (Å²) in [5, 5.41) is 0. The van der Waals surface area contributed by atoms with Gasteiger partial charge in [0.25, 0.3) is 0 Å². The average molecular weight is 244 g/mol. The van der Waals surface area contributed by atoms with Crippen LogP contribution in [0.15, 0.2) is 0 Å². The molecule has 0 rings (SSSR count). The van der Waals surface area contributed by atoms with Crippen molar-refractivity contribution in [2.45, 2.75) is 32.1 Å². The predicted molar refractivity (Wildman–Crippen MR) is 57.1 cm³/mol. The molecule has 0 saturated heterocycles. The molecule has 0 aliphatic heterocycles. The lowest BCUT2D eigenvalue weighted by Gasteiger charge is -2.00. The standard InChI is InChI=1S/C11H16O6/c1-16-10(14)6-8(12)4-3-5-9(13)7-11(15)17-2/h3-7H2,1-2H3. The van der Waals surface area contributed by atoms with E-state index in [0.29, 0.717) is 6.42 Å². The van der Waals surface area contributed by atoms with Crippen LogP contribution in [-0.4, -0.2) is 37.7 Å².